The van der Waals surface area contributed by atoms with Gasteiger partial charge in [-0.25, -0.2) is 0 Å². The number of aromatic nitrogens is 4. The van der Waals surface area contributed by atoms with Crippen molar-refractivity contribution in [2.75, 3.05) is 13.6 Å². The fraction of sp³-hybridized carbons (Fsp3) is 0.667. The molecule has 1 saturated heterocycles. The summed E-state index contributed by atoms with van der Waals surface area (Å²) < 4.78 is 3.79. The summed E-state index contributed by atoms with van der Waals surface area (Å²) in [6.07, 6.45) is 10.5. The van der Waals surface area contributed by atoms with Gasteiger partial charge in [-0.1, -0.05) is 0 Å². The molecule has 0 saturated carbocycles. The van der Waals surface area contributed by atoms with Gasteiger partial charge in [0.05, 0.1) is 12.4 Å². The van der Waals surface area contributed by atoms with Gasteiger partial charge in [-0.05, 0) is 39.3 Å². The van der Waals surface area contributed by atoms with Crippen LogP contribution in [-0.4, -0.2) is 61.1 Å². The molecule has 3 rings (SSSR count). The molecule has 0 aliphatic carbocycles. The zero-order chi connectivity index (χ0) is 17.3. The Morgan fingerprint density at radius 1 is 1.12 bits per heavy atom. The van der Waals surface area contributed by atoms with Crippen molar-refractivity contribution in [1.82, 2.24) is 29.4 Å². The molecule has 3 heterocycles. The molecule has 2 atom stereocenters. The lowest BCUT2D eigenvalue weighted by Crippen LogP contribution is -2.47. The summed E-state index contributed by atoms with van der Waals surface area (Å²) in [7, 11) is 6.23. The Bertz CT molecular complexity index is 658. The predicted octanol–water partition coefficient (Wildman–Crippen LogP) is 1.68. The smallest absolute Gasteiger partial charge is 0.0534 e. The van der Waals surface area contributed by atoms with Crippen LogP contribution in [0, 0.1) is 0 Å². The lowest BCUT2D eigenvalue weighted by atomic mass is 10.00. The topological polar surface area (TPSA) is 42.1 Å². The monoisotopic (exact) mass is 330 g/mol. The van der Waals surface area contributed by atoms with E-state index in [1.54, 1.807) is 0 Å². The van der Waals surface area contributed by atoms with Gasteiger partial charge in [0.25, 0.3) is 0 Å². The van der Waals surface area contributed by atoms with Crippen molar-refractivity contribution in [3.05, 3.63) is 35.9 Å². The highest BCUT2D eigenvalue weighted by Gasteiger charge is 2.37. The van der Waals surface area contributed by atoms with E-state index in [0.29, 0.717) is 18.1 Å². The molecule has 0 spiro atoms. The first-order chi connectivity index (χ1) is 11.4. The van der Waals surface area contributed by atoms with E-state index >= 15 is 0 Å². The number of hydrogen-bond donors (Lipinski definition) is 0. The molecule has 0 radical (unpaired) electrons. The highest BCUT2D eigenvalue weighted by atomic mass is 15.3. The molecule has 0 N–H and O–H groups in total. The Labute approximate surface area is 145 Å². The molecule has 2 aromatic rings. The summed E-state index contributed by atoms with van der Waals surface area (Å²) in [4.78, 5) is 5.15. The van der Waals surface area contributed by atoms with Gasteiger partial charge in [-0.15, -0.1) is 0 Å². The quantitative estimate of drug-likeness (QED) is 0.808. The van der Waals surface area contributed by atoms with Gasteiger partial charge in [0, 0.05) is 63.3 Å². The zero-order valence-electron chi connectivity index (χ0n) is 15.6. The number of likely N-dealkylation sites (tertiary alicyclic amines) is 1. The molecule has 2 aromatic heterocycles. The third-order valence-corrected chi connectivity index (χ3v) is 5.31. The van der Waals surface area contributed by atoms with Crippen LogP contribution in [0.4, 0.5) is 0 Å². The van der Waals surface area contributed by atoms with Gasteiger partial charge >= 0.3 is 0 Å². The molecule has 0 amide bonds. The highest BCUT2D eigenvalue weighted by molar-refractivity contribution is 5.11. The maximum absolute atomic E-state index is 4.35. The Morgan fingerprint density at radius 3 is 2.29 bits per heavy atom. The molecule has 24 heavy (non-hydrogen) atoms. The van der Waals surface area contributed by atoms with Gasteiger partial charge < -0.3 is 0 Å². The van der Waals surface area contributed by atoms with Crippen molar-refractivity contribution in [1.29, 1.82) is 0 Å². The first kappa shape index (κ1) is 17.2. The third kappa shape index (κ3) is 3.70. The Hall–Kier alpha value is -1.66. The minimum Gasteiger partial charge on any atom is -0.299 e. The van der Waals surface area contributed by atoms with Crippen LogP contribution in [0.15, 0.2) is 24.8 Å². The van der Waals surface area contributed by atoms with Gasteiger partial charge in [0.1, 0.15) is 0 Å². The maximum atomic E-state index is 4.35. The summed E-state index contributed by atoms with van der Waals surface area (Å²) in [5, 5.41) is 8.67. The second-order valence-corrected chi connectivity index (χ2v) is 7.40. The number of nitrogens with zero attached hydrogens (tertiary/aromatic N) is 6. The van der Waals surface area contributed by atoms with Crippen molar-refractivity contribution < 1.29 is 0 Å². The molecule has 1 aliphatic rings. The lowest BCUT2D eigenvalue weighted by Gasteiger charge is -2.35. The first-order valence-corrected chi connectivity index (χ1v) is 8.85. The van der Waals surface area contributed by atoms with Crippen LogP contribution in [0.5, 0.6) is 0 Å². The molecule has 1 aliphatic heterocycles. The molecular weight excluding hydrogens is 300 g/mol. The van der Waals surface area contributed by atoms with E-state index in [1.807, 2.05) is 35.9 Å². The number of aryl methyl sites for hydroxylation is 2. The molecule has 132 valence electrons. The minimum atomic E-state index is 0.516. The summed E-state index contributed by atoms with van der Waals surface area (Å²) in [6, 6.07) is 1.66. The van der Waals surface area contributed by atoms with Crippen LogP contribution >= 0.6 is 0 Å². The second kappa shape index (κ2) is 7.07. The standard InChI is InChI=1S/C18H30N6/c1-14(2)23(5)17-6-7-24(13-16-10-20-22(4)12-16)18(17)8-15-9-19-21(3)11-15/h9-12,14,17-18H,6-8,13H2,1-5H3/t17-,18+/m1/s1. The SMILES string of the molecule is CC(C)N(C)[C@@H]1CCN(Cc2cnn(C)c2)[C@H]1Cc1cnn(C)c1. The fourth-order valence-corrected chi connectivity index (χ4v) is 3.83. The number of rotatable bonds is 6. The summed E-state index contributed by atoms with van der Waals surface area (Å²) >= 11 is 0. The first-order valence-electron chi connectivity index (χ1n) is 8.85. The van der Waals surface area contributed by atoms with E-state index in [1.165, 1.54) is 17.5 Å². The van der Waals surface area contributed by atoms with E-state index in [-0.39, 0.29) is 0 Å². The van der Waals surface area contributed by atoms with E-state index in [4.69, 9.17) is 0 Å². The molecular formula is C18H30N6. The number of hydrogen-bond acceptors (Lipinski definition) is 4. The van der Waals surface area contributed by atoms with Crippen LogP contribution in [0.25, 0.3) is 0 Å². The summed E-state index contributed by atoms with van der Waals surface area (Å²) in [5.74, 6) is 0. The molecule has 6 nitrogen and oxygen atoms in total. The fourth-order valence-electron chi connectivity index (χ4n) is 3.83. The van der Waals surface area contributed by atoms with Gasteiger partial charge in [-0.3, -0.25) is 19.2 Å². The van der Waals surface area contributed by atoms with Crippen LogP contribution in [0.3, 0.4) is 0 Å². The van der Waals surface area contributed by atoms with Crippen LogP contribution in [0.2, 0.25) is 0 Å². The number of likely N-dealkylation sites (N-methyl/N-ethyl adjacent to an activating group) is 1. The third-order valence-electron chi connectivity index (χ3n) is 5.31. The Kier molecular flexibility index (Phi) is 5.06. The molecule has 1 fully saturated rings. The maximum Gasteiger partial charge on any atom is 0.0534 e. The van der Waals surface area contributed by atoms with Gasteiger partial charge in [0.15, 0.2) is 0 Å². The van der Waals surface area contributed by atoms with E-state index in [0.717, 1.165) is 19.5 Å². The Morgan fingerprint density at radius 2 is 1.75 bits per heavy atom. The average Bonchev–Trinajstić information content (AvgIpc) is 3.22. The predicted molar refractivity (Wildman–Crippen MR) is 95.6 cm³/mol. The van der Waals surface area contributed by atoms with Crippen LogP contribution < -0.4 is 0 Å². The van der Waals surface area contributed by atoms with Crippen molar-refractivity contribution in [2.24, 2.45) is 14.1 Å². The van der Waals surface area contributed by atoms with Crippen LogP contribution in [-0.2, 0) is 27.1 Å². The van der Waals surface area contributed by atoms with E-state index < -0.39 is 0 Å². The average molecular weight is 330 g/mol. The van der Waals surface area contributed by atoms with Gasteiger partial charge in [-0.2, -0.15) is 10.2 Å². The van der Waals surface area contributed by atoms with E-state index in [2.05, 4.69) is 53.3 Å². The largest absolute Gasteiger partial charge is 0.299 e. The molecule has 0 bridgehead atoms. The summed E-state index contributed by atoms with van der Waals surface area (Å²) in [5.41, 5.74) is 2.62. The van der Waals surface area contributed by atoms with Crippen molar-refractivity contribution >= 4 is 0 Å². The molecule has 6 heteroatoms. The van der Waals surface area contributed by atoms with Crippen molar-refractivity contribution in [2.45, 2.75) is 51.4 Å². The Balaban J connectivity index is 1.78. The highest BCUT2D eigenvalue weighted by Crippen LogP contribution is 2.28. The van der Waals surface area contributed by atoms with Crippen molar-refractivity contribution in [3.63, 3.8) is 0 Å². The van der Waals surface area contributed by atoms with Crippen LogP contribution in [0.1, 0.15) is 31.4 Å². The molecule has 0 aromatic carbocycles. The lowest BCUT2D eigenvalue weighted by molar-refractivity contribution is 0.135. The van der Waals surface area contributed by atoms with Gasteiger partial charge in [0.2, 0.25) is 0 Å². The summed E-state index contributed by atoms with van der Waals surface area (Å²) in [6.45, 7) is 6.68. The zero-order valence-corrected chi connectivity index (χ0v) is 15.6. The molecule has 0 unspecified atom stereocenters. The van der Waals surface area contributed by atoms with E-state index in [9.17, 15) is 0 Å². The van der Waals surface area contributed by atoms with Crippen molar-refractivity contribution in [3.8, 4) is 0 Å². The minimum absolute atomic E-state index is 0.516. The second-order valence-electron chi connectivity index (χ2n) is 7.40. The normalized spacial score (nSPS) is 22.1.